The lowest BCUT2D eigenvalue weighted by molar-refractivity contribution is 1.60. The Bertz CT molecular complexity index is 4010. The van der Waals surface area contributed by atoms with Gasteiger partial charge in [0.15, 0.2) is 0 Å². The van der Waals surface area contributed by atoms with Gasteiger partial charge in [0.2, 0.25) is 0 Å². The Morgan fingerprint density at radius 2 is 0.530 bits per heavy atom. The maximum atomic E-state index is 2.44. The highest BCUT2D eigenvalue weighted by Gasteiger charge is 2.33. The van der Waals surface area contributed by atoms with Crippen LogP contribution in [0, 0.1) is 0 Å². The molecule has 1 aliphatic rings. The Morgan fingerprint density at radius 1 is 0.136 bits per heavy atom. The van der Waals surface area contributed by atoms with E-state index in [1.54, 1.807) is 0 Å². The number of hydrogen-bond donors (Lipinski definition) is 0. The van der Waals surface area contributed by atoms with Crippen molar-refractivity contribution in [3.05, 3.63) is 243 Å². The first kappa shape index (κ1) is 36.9. The molecule has 0 saturated carbocycles. The van der Waals surface area contributed by atoms with Crippen LogP contribution in [-0.2, 0) is 0 Å². The van der Waals surface area contributed by atoms with Crippen molar-refractivity contribution >= 4 is 53.9 Å². The number of hydrogen-bond acceptors (Lipinski definition) is 0. The minimum Gasteiger partial charge on any atom is -0.0622 e. The van der Waals surface area contributed by atoms with Crippen LogP contribution in [-0.4, -0.2) is 0 Å². The summed E-state index contributed by atoms with van der Waals surface area (Å²) < 4.78 is 0. The van der Waals surface area contributed by atoms with Gasteiger partial charge in [-0.05, 0) is 143 Å². The smallest absolute Gasteiger partial charge is 0.000695 e. The van der Waals surface area contributed by atoms with E-state index < -0.39 is 0 Å². The first-order valence-corrected chi connectivity index (χ1v) is 23.0. The summed E-state index contributed by atoms with van der Waals surface area (Å²) in [4.78, 5) is 0. The maximum Gasteiger partial charge on any atom is -0.000695 e. The molecule has 0 aromatic heterocycles. The predicted molar refractivity (Wildman–Crippen MR) is 282 cm³/mol. The zero-order valence-corrected chi connectivity index (χ0v) is 36.1. The van der Waals surface area contributed by atoms with Gasteiger partial charge in [0.1, 0.15) is 0 Å². The van der Waals surface area contributed by atoms with Crippen molar-refractivity contribution in [3.8, 4) is 89.0 Å². The van der Waals surface area contributed by atoms with Crippen LogP contribution in [0.2, 0.25) is 0 Å². The minimum absolute atomic E-state index is 1.21. The Morgan fingerprint density at radius 3 is 1.11 bits per heavy atom. The van der Waals surface area contributed by atoms with E-state index in [4.69, 9.17) is 0 Å². The zero-order chi connectivity index (χ0) is 43.3. The molecule has 0 spiro atoms. The summed E-state index contributed by atoms with van der Waals surface area (Å²) in [5.41, 5.74) is 20.1. The fourth-order valence-electron chi connectivity index (χ4n) is 11.7. The quantitative estimate of drug-likeness (QED) is 0.116. The van der Waals surface area contributed by atoms with E-state index in [0.717, 1.165) is 0 Å². The summed E-state index contributed by atoms with van der Waals surface area (Å²) in [6.45, 7) is 0. The summed E-state index contributed by atoms with van der Waals surface area (Å²) in [7, 11) is 0. The molecule has 0 radical (unpaired) electrons. The summed E-state index contributed by atoms with van der Waals surface area (Å²) in [5, 5.41) is 13.0. The first-order chi connectivity index (χ1) is 32.8. The average molecular weight is 833 g/mol. The molecule has 0 aliphatic heterocycles. The van der Waals surface area contributed by atoms with Gasteiger partial charge in [-0.1, -0.05) is 243 Å². The maximum absolute atomic E-state index is 2.44. The molecule has 0 heteroatoms. The second-order valence-electron chi connectivity index (χ2n) is 17.7. The van der Waals surface area contributed by atoms with Gasteiger partial charge in [0.05, 0.1) is 0 Å². The summed E-state index contributed by atoms with van der Waals surface area (Å²) in [6.07, 6.45) is 0. The van der Waals surface area contributed by atoms with Crippen LogP contribution in [0.4, 0.5) is 0 Å². The topological polar surface area (TPSA) is 0 Å². The molecule has 0 atom stereocenters. The fraction of sp³-hybridized carbons (Fsp3) is 0. The average Bonchev–Trinajstić information content (AvgIpc) is 3.73. The molecule has 13 aromatic rings. The molecule has 0 N–H and O–H groups in total. The van der Waals surface area contributed by atoms with E-state index in [1.165, 1.54) is 143 Å². The first-order valence-electron chi connectivity index (χ1n) is 23.0. The van der Waals surface area contributed by atoms with E-state index in [0.29, 0.717) is 0 Å². The molecule has 66 heavy (non-hydrogen) atoms. The van der Waals surface area contributed by atoms with Crippen molar-refractivity contribution in [1.29, 1.82) is 0 Å². The van der Waals surface area contributed by atoms with Gasteiger partial charge in [-0.2, -0.15) is 0 Å². The van der Waals surface area contributed by atoms with Gasteiger partial charge in [-0.25, -0.2) is 0 Å². The van der Waals surface area contributed by atoms with Crippen LogP contribution >= 0.6 is 0 Å². The molecular formula is C66H40. The number of fused-ring (bicyclic) bond motifs is 6. The Balaban J connectivity index is 1.18. The van der Waals surface area contributed by atoms with E-state index >= 15 is 0 Å². The highest BCUT2D eigenvalue weighted by atomic mass is 14.4. The third-order valence-corrected chi connectivity index (χ3v) is 14.4. The van der Waals surface area contributed by atoms with Crippen molar-refractivity contribution in [1.82, 2.24) is 0 Å². The Hall–Kier alpha value is -8.58. The molecule has 0 unspecified atom stereocenters. The lowest BCUT2D eigenvalue weighted by Gasteiger charge is -2.24. The van der Waals surface area contributed by atoms with Crippen LogP contribution in [0.15, 0.2) is 243 Å². The van der Waals surface area contributed by atoms with Crippen molar-refractivity contribution in [2.24, 2.45) is 0 Å². The third kappa shape index (κ3) is 5.27. The lowest BCUT2D eigenvalue weighted by Crippen LogP contribution is -1.96. The fourth-order valence-corrected chi connectivity index (χ4v) is 11.7. The van der Waals surface area contributed by atoms with Crippen LogP contribution < -0.4 is 0 Å². The van der Waals surface area contributed by atoms with E-state index in [2.05, 4.69) is 243 Å². The Kier molecular flexibility index (Phi) is 8.08. The predicted octanol–water partition coefficient (Wildman–Crippen LogP) is 18.5. The molecule has 0 nitrogen and oxygen atoms in total. The molecule has 0 saturated heterocycles. The normalized spacial score (nSPS) is 11.9. The van der Waals surface area contributed by atoms with Gasteiger partial charge < -0.3 is 0 Å². The second-order valence-corrected chi connectivity index (χ2v) is 17.7. The van der Waals surface area contributed by atoms with E-state index in [1.807, 2.05) is 0 Å². The van der Waals surface area contributed by atoms with Crippen LogP contribution in [0.1, 0.15) is 0 Å². The molecule has 0 heterocycles. The Labute approximate surface area is 383 Å². The van der Waals surface area contributed by atoms with E-state index in [9.17, 15) is 0 Å². The SMILES string of the molecule is c1ccc(-c2ccccc2-c2ccc3c4c5c(c(-c6ccccc6-c6ccccc6)c6cccc(c7cccc2c73)c64)-c2ccc(-c3ccccc3)c3c(-c4ccccc4)ccc-5c23)cc1. The third-order valence-electron chi connectivity index (χ3n) is 14.4. The van der Waals surface area contributed by atoms with Crippen molar-refractivity contribution < 1.29 is 0 Å². The standard InChI is InChI=1S/C66H40/c1-5-19-41(20-6-1)45-27-13-15-29-49(45)50-37-40-56-59-52(50)31-17-32-53(59)54-33-18-34-55-61(51-30-16-14-28-46(51)42-21-7-2-8-22-42)65-57-38-35-47(43-23-9-3-10-24-43)60-48(44-25-11-4-12-26-44)36-39-58(63(57)60)66(65)64(56)62(54)55/h1-40H. The molecule has 13 aromatic carbocycles. The van der Waals surface area contributed by atoms with Gasteiger partial charge in [0.25, 0.3) is 0 Å². The summed E-state index contributed by atoms with van der Waals surface area (Å²) in [6, 6.07) is 90.2. The monoisotopic (exact) mass is 832 g/mol. The molecule has 0 amide bonds. The van der Waals surface area contributed by atoms with Crippen molar-refractivity contribution in [3.63, 3.8) is 0 Å². The second kappa shape index (κ2) is 14.5. The number of rotatable bonds is 6. The molecule has 304 valence electrons. The van der Waals surface area contributed by atoms with Gasteiger partial charge >= 0.3 is 0 Å². The van der Waals surface area contributed by atoms with E-state index in [-0.39, 0.29) is 0 Å². The largest absolute Gasteiger partial charge is 0.0622 e. The molecule has 0 bridgehead atoms. The minimum atomic E-state index is 1.21. The highest BCUT2D eigenvalue weighted by molar-refractivity contribution is 6.42. The highest BCUT2D eigenvalue weighted by Crippen LogP contribution is 2.61. The number of benzene rings is 13. The van der Waals surface area contributed by atoms with Crippen molar-refractivity contribution in [2.75, 3.05) is 0 Å². The molecule has 0 fully saturated rings. The molecule has 1 aliphatic carbocycles. The van der Waals surface area contributed by atoms with Crippen LogP contribution in [0.3, 0.4) is 0 Å². The van der Waals surface area contributed by atoms with Gasteiger partial charge in [0, 0.05) is 0 Å². The van der Waals surface area contributed by atoms with Gasteiger partial charge in [-0.15, -0.1) is 0 Å². The summed E-state index contributed by atoms with van der Waals surface area (Å²) >= 11 is 0. The van der Waals surface area contributed by atoms with Crippen LogP contribution in [0.5, 0.6) is 0 Å². The molecular weight excluding hydrogens is 793 g/mol. The summed E-state index contributed by atoms with van der Waals surface area (Å²) in [5.74, 6) is 0. The zero-order valence-electron chi connectivity index (χ0n) is 36.1. The van der Waals surface area contributed by atoms with Crippen molar-refractivity contribution in [2.45, 2.75) is 0 Å². The molecule has 14 rings (SSSR count). The van der Waals surface area contributed by atoms with Crippen LogP contribution in [0.25, 0.3) is 143 Å². The van der Waals surface area contributed by atoms with Gasteiger partial charge in [-0.3, -0.25) is 0 Å². The lowest BCUT2D eigenvalue weighted by atomic mass is 9.79.